The first-order valence-electron chi connectivity index (χ1n) is 29.9. The molecule has 5 nitrogen and oxygen atoms in total. The average molecular weight is 930 g/mol. The lowest BCUT2D eigenvalue weighted by atomic mass is 10.0. The number of hydrogen-bond acceptors (Lipinski definition) is 5. The third-order valence-electron chi connectivity index (χ3n) is 13.5. The first kappa shape index (κ1) is 64.4. The molecule has 0 rings (SSSR count). The summed E-state index contributed by atoms with van der Waals surface area (Å²) in [5, 5.41) is 0. The summed E-state index contributed by atoms with van der Waals surface area (Å²) in [6.07, 6.45) is 69.2. The molecule has 0 fully saturated rings. The van der Waals surface area contributed by atoms with Crippen molar-refractivity contribution in [3.63, 3.8) is 0 Å². The Morgan fingerprint density at radius 2 is 0.591 bits per heavy atom. The van der Waals surface area contributed by atoms with Crippen LogP contribution in [0, 0.1) is 0 Å². The number of carbonyl (C=O) groups excluding carboxylic acids is 2. The fourth-order valence-corrected chi connectivity index (χ4v) is 8.97. The van der Waals surface area contributed by atoms with Gasteiger partial charge in [-0.05, 0) is 70.6 Å². The van der Waals surface area contributed by atoms with E-state index in [9.17, 15) is 9.59 Å². The molecule has 0 heterocycles. The van der Waals surface area contributed by atoms with E-state index in [4.69, 9.17) is 14.2 Å². The Kier molecular flexibility index (Phi) is 56.3. The second-order valence-corrected chi connectivity index (χ2v) is 20.3. The average Bonchev–Trinajstić information content (AvgIpc) is 3.32. The maximum atomic E-state index is 12.8. The zero-order valence-corrected chi connectivity index (χ0v) is 45.0. The first-order chi connectivity index (χ1) is 32.6. The molecule has 0 aromatic rings. The molecule has 0 N–H and O–H groups in total. The van der Waals surface area contributed by atoms with Gasteiger partial charge in [-0.1, -0.05) is 270 Å². The van der Waals surface area contributed by atoms with E-state index in [1.54, 1.807) is 0 Å². The van der Waals surface area contributed by atoms with Crippen molar-refractivity contribution in [1.82, 2.24) is 0 Å². The van der Waals surface area contributed by atoms with Crippen LogP contribution in [0.15, 0.2) is 24.3 Å². The van der Waals surface area contributed by atoms with E-state index in [0.717, 1.165) is 44.9 Å². The van der Waals surface area contributed by atoms with E-state index in [1.807, 2.05) is 0 Å². The Hall–Kier alpha value is -1.62. The predicted octanol–water partition coefficient (Wildman–Crippen LogP) is 20.4. The normalized spacial score (nSPS) is 12.2. The van der Waals surface area contributed by atoms with Gasteiger partial charge in [0.15, 0.2) is 6.10 Å². The summed E-state index contributed by atoms with van der Waals surface area (Å²) in [7, 11) is 0. The van der Waals surface area contributed by atoms with E-state index < -0.39 is 6.10 Å². The third-order valence-corrected chi connectivity index (χ3v) is 13.5. The minimum atomic E-state index is -0.535. The van der Waals surface area contributed by atoms with Gasteiger partial charge in [0.2, 0.25) is 0 Å². The number of allylic oxidation sites excluding steroid dienone is 4. The van der Waals surface area contributed by atoms with Crippen LogP contribution in [-0.2, 0) is 23.8 Å². The summed E-state index contributed by atoms with van der Waals surface area (Å²) < 4.78 is 17.5. The monoisotopic (exact) mass is 929 g/mol. The fraction of sp³-hybridized carbons (Fsp3) is 0.902. The van der Waals surface area contributed by atoms with Crippen LogP contribution >= 0.6 is 0 Å². The van der Waals surface area contributed by atoms with Gasteiger partial charge < -0.3 is 14.2 Å². The van der Waals surface area contributed by atoms with E-state index in [1.165, 1.54) is 250 Å². The van der Waals surface area contributed by atoms with Crippen LogP contribution in [0.25, 0.3) is 0 Å². The largest absolute Gasteiger partial charge is 0.462 e. The second-order valence-electron chi connectivity index (χ2n) is 20.3. The van der Waals surface area contributed by atoms with Gasteiger partial charge in [0, 0.05) is 19.4 Å². The number of unbranched alkanes of at least 4 members (excludes halogenated alkanes) is 41. The van der Waals surface area contributed by atoms with Gasteiger partial charge in [-0.25, -0.2) is 0 Å². The van der Waals surface area contributed by atoms with Crippen molar-refractivity contribution in [3.8, 4) is 0 Å². The topological polar surface area (TPSA) is 61.8 Å². The third kappa shape index (κ3) is 55.0. The van der Waals surface area contributed by atoms with Gasteiger partial charge in [0.05, 0.1) is 6.61 Å². The van der Waals surface area contributed by atoms with E-state index >= 15 is 0 Å². The molecular formula is C61H116O5. The van der Waals surface area contributed by atoms with Crippen LogP contribution in [-0.4, -0.2) is 37.9 Å². The van der Waals surface area contributed by atoms with E-state index in [2.05, 4.69) is 45.1 Å². The Balaban J connectivity index is 4.19. The van der Waals surface area contributed by atoms with E-state index in [0.29, 0.717) is 26.1 Å². The van der Waals surface area contributed by atoms with Crippen LogP contribution < -0.4 is 0 Å². The second kappa shape index (κ2) is 57.7. The zero-order chi connectivity index (χ0) is 47.7. The van der Waals surface area contributed by atoms with Gasteiger partial charge in [-0.3, -0.25) is 9.59 Å². The zero-order valence-electron chi connectivity index (χ0n) is 45.0. The maximum Gasteiger partial charge on any atom is 0.306 e. The number of hydrogen-bond donors (Lipinski definition) is 0. The lowest BCUT2D eigenvalue weighted by Gasteiger charge is -2.18. The van der Waals surface area contributed by atoms with Crippen molar-refractivity contribution in [2.24, 2.45) is 0 Å². The highest BCUT2D eigenvalue weighted by Gasteiger charge is 2.17. The van der Waals surface area contributed by atoms with Gasteiger partial charge in [0.25, 0.3) is 0 Å². The first-order valence-corrected chi connectivity index (χ1v) is 29.9. The number of esters is 2. The van der Waals surface area contributed by atoms with Crippen molar-refractivity contribution in [2.75, 3.05) is 19.8 Å². The van der Waals surface area contributed by atoms with Crippen molar-refractivity contribution >= 4 is 11.9 Å². The molecule has 0 spiro atoms. The van der Waals surface area contributed by atoms with Gasteiger partial charge in [-0.15, -0.1) is 0 Å². The highest BCUT2D eigenvalue weighted by atomic mass is 16.6. The van der Waals surface area contributed by atoms with Crippen molar-refractivity contribution in [3.05, 3.63) is 24.3 Å². The predicted molar refractivity (Wildman–Crippen MR) is 289 cm³/mol. The van der Waals surface area contributed by atoms with Crippen molar-refractivity contribution < 1.29 is 23.8 Å². The summed E-state index contributed by atoms with van der Waals surface area (Å²) in [5.41, 5.74) is 0. The summed E-state index contributed by atoms with van der Waals surface area (Å²) >= 11 is 0. The minimum Gasteiger partial charge on any atom is -0.462 e. The number of carbonyl (C=O) groups is 2. The Bertz CT molecular complexity index is 1010. The molecule has 0 saturated carbocycles. The number of ether oxygens (including phenoxy) is 3. The van der Waals surface area contributed by atoms with Crippen LogP contribution in [0.4, 0.5) is 0 Å². The smallest absolute Gasteiger partial charge is 0.306 e. The Morgan fingerprint density at radius 3 is 0.939 bits per heavy atom. The molecule has 0 saturated heterocycles. The van der Waals surface area contributed by atoms with Crippen molar-refractivity contribution in [2.45, 2.75) is 335 Å². The van der Waals surface area contributed by atoms with Crippen molar-refractivity contribution in [1.29, 1.82) is 0 Å². The molecule has 0 aliphatic carbocycles. The SMILES string of the molecule is CCCCCC/C=C\CCCCCCCC(=O)OC(COCCCCCCCCCCCC/C=C\CCCCCCCC)COC(=O)CCCCCCCCCCCCCCCCCCC. The molecule has 1 unspecified atom stereocenters. The molecule has 0 aliphatic heterocycles. The summed E-state index contributed by atoms with van der Waals surface area (Å²) in [6, 6.07) is 0. The molecule has 66 heavy (non-hydrogen) atoms. The van der Waals surface area contributed by atoms with Gasteiger partial charge >= 0.3 is 11.9 Å². The molecule has 0 bridgehead atoms. The van der Waals surface area contributed by atoms with Crippen LogP contribution in [0.2, 0.25) is 0 Å². The van der Waals surface area contributed by atoms with Gasteiger partial charge in [-0.2, -0.15) is 0 Å². The lowest BCUT2D eigenvalue weighted by Crippen LogP contribution is -2.30. The molecular weight excluding hydrogens is 813 g/mol. The molecule has 390 valence electrons. The summed E-state index contributed by atoms with van der Waals surface area (Å²) in [6.45, 7) is 7.87. The standard InChI is InChI=1S/C61H116O5/c1-4-7-10-13-16-19-22-25-27-29-30-31-33-35-38-41-44-47-50-53-56-64-57-59(66-61(63)55-52-49-46-43-40-36-24-21-18-15-12-9-6-3)58-65-60(62)54-51-48-45-42-39-37-34-32-28-26-23-20-17-14-11-8-5-2/h21,24-25,27,59H,4-20,22-23,26,28-58H2,1-3H3/b24-21-,27-25-. The summed E-state index contributed by atoms with van der Waals surface area (Å²) in [5.74, 6) is -0.385. The summed E-state index contributed by atoms with van der Waals surface area (Å²) in [4.78, 5) is 25.5. The highest BCUT2D eigenvalue weighted by molar-refractivity contribution is 5.70. The molecule has 0 aromatic carbocycles. The minimum absolute atomic E-state index is 0.0889. The maximum absolute atomic E-state index is 12.8. The van der Waals surface area contributed by atoms with Crippen LogP contribution in [0.1, 0.15) is 329 Å². The lowest BCUT2D eigenvalue weighted by molar-refractivity contribution is -0.163. The number of rotatable bonds is 56. The molecule has 0 aromatic heterocycles. The Morgan fingerprint density at radius 1 is 0.318 bits per heavy atom. The molecule has 0 radical (unpaired) electrons. The molecule has 1 atom stereocenters. The van der Waals surface area contributed by atoms with Crippen LogP contribution in [0.5, 0.6) is 0 Å². The Labute approximate surface area is 413 Å². The molecule has 5 heteroatoms. The fourth-order valence-electron chi connectivity index (χ4n) is 8.97. The molecule has 0 amide bonds. The highest BCUT2D eigenvalue weighted by Crippen LogP contribution is 2.17. The van der Waals surface area contributed by atoms with Gasteiger partial charge in [0.1, 0.15) is 6.61 Å². The van der Waals surface area contributed by atoms with E-state index in [-0.39, 0.29) is 18.5 Å². The van der Waals surface area contributed by atoms with Crippen LogP contribution in [0.3, 0.4) is 0 Å². The quantitative estimate of drug-likeness (QED) is 0.0345. The molecule has 0 aliphatic rings.